The molecule has 3 N–H and O–H groups in total. The van der Waals surface area contributed by atoms with Crippen molar-refractivity contribution in [1.29, 1.82) is 0 Å². The van der Waals surface area contributed by atoms with E-state index in [0.29, 0.717) is 22.7 Å². The Balaban J connectivity index is 1.61. The Kier molecular flexibility index (Phi) is 7.26. The minimum absolute atomic E-state index is 0.0821. The molecule has 0 bridgehead atoms. The van der Waals surface area contributed by atoms with Crippen LogP contribution in [0.2, 0.25) is 0 Å². The molecule has 0 fully saturated rings. The number of rotatable bonds is 6. The number of carbonyl (C=O) groups is 1. The van der Waals surface area contributed by atoms with Crippen LogP contribution in [0.1, 0.15) is 10.4 Å². The molecule has 7 nitrogen and oxygen atoms in total. The van der Waals surface area contributed by atoms with Gasteiger partial charge in [-0.15, -0.1) is 0 Å². The summed E-state index contributed by atoms with van der Waals surface area (Å²) in [5.41, 5.74) is 1.41. The van der Waals surface area contributed by atoms with Gasteiger partial charge in [-0.1, -0.05) is 15.9 Å². The van der Waals surface area contributed by atoms with Crippen LogP contribution in [0.4, 0.5) is 11.4 Å². The van der Waals surface area contributed by atoms with Crippen LogP contribution >= 0.6 is 28.1 Å². The average Bonchev–Trinajstić information content (AvgIpc) is 2.74. The minimum atomic E-state index is -3.76. The normalized spacial score (nSPS) is 10.8. The van der Waals surface area contributed by atoms with Crippen LogP contribution in [0, 0.1) is 0 Å². The summed E-state index contributed by atoms with van der Waals surface area (Å²) < 4.78 is 33.6. The monoisotopic (exact) mass is 519 g/mol. The van der Waals surface area contributed by atoms with Crippen molar-refractivity contribution in [2.75, 3.05) is 17.1 Å². The highest BCUT2D eigenvalue weighted by Crippen LogP contribution is 2.20. The van der Waals surface area contributed by atoms with Crippen LogP contribution in [-0.2, 0) is 10.0 Å². The fourth-order valence-corrected chi connectivity index (χ4v) is 4.06. The lowest BCUT2D eigenvalue weighted by atomic mass is 10.2. The van der Waals surface area contributed by atoms with Gasteiger partial charge in [-0.25, -0.2) is 8.42 Å². The Morgan fingerprint density at radius 1 is 0.903 bits per heavy atom. The fourth-order valence-electron chi connectivity index (χ4n) is 2.53. The lowest BCUT2D eigenvalue weighted by Crippen LogP contribution is -2.34. The standard InChI is InChI=1S/C21H18BrN3O4S2/c1-29-18-10-6-17(7-11-18)25-31(27,28)19-12-8-16(9-13-19)23-21(30)24-20(26)14-2-4-15(22)5-3-14/h2-13,25H,1H3,(H2,23,24,26,30). The number of benzene rings is 3. The van der Waals surface area contributed by atoms with Gasteiger partial charge in [-0.05, 0) is 85.0 Å². The summed E-state index contributed by atoms with van der Waals surface area (Å²) in [6.07, 6.45) is 0. The zero-order chi connectivity index (χ0) is 22.4. The van der Waals surface area contributed by atoms with Gasteiger partial charge >= 0.3 is 0 Å². The van der Waals surface area contributed by atoms with Gasteiger partial charge in [0.15, 0.2) is 5.11 Å². The third-order valence-electron chi connectivity index (χ3n) is 4.10. The van der Waals surface area contributed by atoms with Gasteiger partial charge in [0.05, 0.1) is 12.0 Å². The largest absolute Gasteiger partial charge is 0.497 e. The molecule has 0 saturated carbocycles. The van der Waals surface area contributed by atoms with E-state index in [1.54, 1.807) is 60.7 Å². The second-order valence-corrected chi connectivity index (χ2v) is 9.28. The first-order chi connectivity index (χ1) is 14.8. The van der Waals surface area contributed by atoms with Crippen LogP contribution in [0.3, 0.4) is 0 Å². The van der Waals surface area contributed by atoms with Crippen molar-refractivity contribution in [1.82, 2.24) is 5.32 Å². The number of sulfonamides is 1. The van der Waals surface area contributed by atoms with E-state index < -0.39 is 10.0 Å². The van der Waals surface area contributed by atoms with Crippen LogP contribution in [-0.4, -0.2) is 26.5 Å². The number of hydrogen-bond acceptors (Lipinski definition) is 5. The number of carbonyl (C=O) groups excluding carboxylic acids is 1. The first-order valence-electron chi connectivity index (χ1n) is 8.92. The molecule has 0 saturated heterocycles. The van der Waals surface area contributed by atoms with E-state index in [-0.39, 0.29) is 15.9 Å². The molecule has 0 aliphatic heterocycles. The third kappa shape index (κ3) is 6.27. The molecule has 0 heterocycles. The molecule has 3 aromatic rings. The van der Waals surface area contributed by atoms with Gasteiger partial charge < -0.3 is 10.1 Å². The molecule has 0 unspecified atom stereocenters. The van der Waals surface area contributed by atoms with Gasteiger partial charge in [-0.2, -0.15) is 0 Å². The second-order valence-electron chi connectivity index (χ2n) is 6.27. The van der Waals surface area contributed by atoms with E-state index in [9.17, 15) is 13.2 Å². The Bertz CT molecular complexity index is 1180. The summed E-state index contributed by atoms with van der Waals surface area (Å²) in [6.45, 7) is 0. The van der Waals surface area contributed by atoms with E-state index in [0.717, 1.165) is 4.47 Å². The summed E-state index contributed by atoms with van der Waals surface area (Å²) in [6, 6.07) is 19.4. The predicted octanol–water partition coefficient (Wildman–Crippen LogP) is 4.39. The maximum absolute atomic E-state index is 12.6. The molecular weight excluding hydrogens is 502 g/mol. The van der Waals surface area contributed by atoms with Gasteiger partial charge in [0.2, 0.25) is 0 Å². The number of amides is 1. The van der Waals surface area contributed by atoms with E-state index >= 15 is 0 Å². The van der Waals surface area contributed by atoms with Crippen LogP contribution in [0.5, 0.6) is 5.75 Å². The molecule has 0 atom stereocenters. The van der Waals surface area contributed by atoms with Crippen LogP contribution < -0.4 is 20.1 Å². The number of halogens is 1. The summed E-state index contributed by atoms with van der Waals surface area (Å²) in [7, 11) is -2.23. The quantitative estimate of drug-likeness (QED) is 0.418. The van der Waals surface area contributed by atoms with Crippen molar-refractivity contribution in [3.63, 3.8) is 0 Å². The number of anilines is 2. The summed E-state index contributed by atoms with van der Waals surface area (Å²) in [5.74, 6) is 0.273. The highest BCUT2D eigenvalue weighted by molar-refractivity contribution is 9.10. The van der Waals surface area contributed by atoms with Crippen molar-refractivity contribution >= 4 is 60.6 Å². The van der Waals surface area contributed by atoms with Gasteiger partial charge in [0, 0.05) is 21.4 Å². The molecule has 0 aliphatic rings. The van der Waals surface area contributed by atoms with E-state index in [4.69, 9.17) is 17.0 Å². The highest BCUT2D eigenvalue weighted by Gasteiger charge is 2.14. The van der Waals surface area contributed by atoms with Crippen molar-refractivity contribution in [3.05, 3.63) is 82.8 Å². The van der Waals surface area contributed by atoms with E-state index in [1.807, 2.05) is 0 Å². The molecular formula is C21H18BrN3O4S2. The van der Waals surface area contributed by atoms with E-state index in [2.05, 4.69) is 31.3 Å². The average molecular weight is 520 g/mol. The Labute approximate surface area is 194 Å². The molecule has 3 aromatic carbocycles. The van der Waals surface area contributed by atoms with Crippen LogP contribution in [0.15, 0.2) is 82.2 Å². The lowest BCUT2D eigenvalue weighted by Gasteiger charge is -2.11. The summed E-state index contributed by atoms with van der Waals surface area (Å²) in [4.78, 5) is 12.3. The Morgan fingerprint density at radius 2 is 1.48 bits per heavy atom. The van der Waals surface area contributed by atoms with E-state index in [1.165, 1.54) is 19.2 Å². The molecule has 0 aliphatic carbocycles. The fraction of sp³-hybridized carbons (Fsp3) is 0.0476. The maximum atomic E-state index is 12.6. The molecule has 0 aromatic heterocycles. The number of nitrogens with one attached hydrogen (secondary N) is 3. The molecule has 0 spiro atoms. The van der Waals surface area contributed by atoms with Crippen LogP contribution in [0.25, 0.3) is 0 Å². The zero-order valence-electron chi connectivity index (χ0n) is 16.3. The van der Waals surface area contributed by atoms with Crippen molar-refractivity contribution in [2.45, 2.75) is 4.90 Å². The second kappa shape index (κ2) is 9.90. The molecule has 160 valence electrons. The molecule has 3 rings (SSSR count). The summed E-state index contributed by atoms with van der Waals surface area (Å²) in [5, 5.41) is 5.53. The maximum Gasteiger partial charge on any atom is 0.261 e. The van der Waals surface area contributed by atoms with Crippen molar-refractivity contribution in [2.24, 2.45) is 0 Å². The molecule has 1 amide bonds. The van der Waals surface area contributed by atoms with Gasteiger partial charge in [0.1, 0.15) is 5.75 Å². The molecule has 31 heavy (non-hydrogen) atoms. The topological polar surface area (TPSA) is 96.5 Å². The molecule has 10 heteroatoms. The molecule has 0 radical (unpaired) electrons. The van der Waals surface area contributed by atoms with Gasteiger partial charge in [-0.3, -0.25) is 14.8 Å². The number of thiocarbonyl (C=S) groups is 1. The Morgan fingerprint density at radius 3 is 2.06 bits per heavy atom. The number of methoxy groups -OCH3 is 1. The number of ether oxygens (including phenoxy) is 1. The van der Waals surface area contributed by atoms with Crippen molar-refractivity contribution < 1.29 is 17.9 Å². The highest BCUT2D eigenvalue weighted by atomic mass is 79.9. The minimum Gasteiger partial charge on any atom is -0.497 e. The third-order valence-corrected chi connectivity index (χ3v) is 6.23. The SMILES string of the molecule is COc1ccc(NS(=O)(=O)c2ccc(NC(=S)NC(=O)c3ccc(Br)cc3)cc2)cc1. The first kappa shape index (κ1) is 22.7. The smallest absolute Gasteiger partial charge is 0.261 e. The van der Waals surface area contributed by atoms with Crippen molar-refractivity contribution in [3.8, 4) is 5.75 Å². The zero-order valence-corrected chi connectivity index (χ0v) is 19.5. The first-order valence-corrected chi connectivity index (χ1v) is 11.6. The summed E-state index contributed by atoms with van der Waals surface area (Å²) >= 11 is 8.47. The lowest BCUT2D eigenvalue weighted by molar-refractivity contribution is 0.0977. The predicted molar refractivity (Wildman–Crippen MR) is 128 cm³/mol. The number of hydrogen-bond donors (Lipinski definition) is 3. The van der Waals surface area contributed by atoms with Gasteiger partial charge in [0.25, 0.3) is 15.9 Å². The Hall–Kier alpha value is -2.95.